The van der Waals surface area contributed by atoms with Gasteiger partial charge in [0, 0.05) is 0 Å². The average Bonchev–Trinajstić information content (AvgIpc) is 1.36. The summed E-state index contributed by atoms with van der Waals surface area (Å²) in [7, 11) is -1.91. The maximum absolute atomic E-state index is 9.85. The summed E-state index contributed by atoms with van der Waals surface area (Å²) < 4.78 is 9.85. The molecule has 0 aromatic carbocycles. The second kappa shape index (κ2) is 4.74. The van der Waals surface area contributed by atoms with E-state index in [4.69, 9.17) is 4.89 Å². The Morgan fingerprint density at radius 2 is 1.71 bits per heavy atom. The number of hydrogen-bond acceptors (Lipinski definition) is 1. The zero-order chi connectivity index (χ0) is 5.15. The van der Waals surface area contributed by atoms with Gasteiger partial charge in [-0.2, -0.15) is 4.89 Å². The van der Waals surface area contributed by atoms with Gasteiger partial charge in [0.2, 0.25) is 0 Å². The highest BCUT2D eigenvalue weighted by Gasteiger charge is 2.14. The Morgan fingerprint density at radius 3 is 1.71 bits per heavy atom. The van der Waals surface area contributed by atoms with Crippen molar-refractivity contribution in [2.45, 2.75) is 19.5 Å². The van der Waals surface area contributed by atoms with Gasteiger partial charge in [-0.05, 0) is 18.4 Å². The molecule has 0 saturated heterocycles. The highest BCUT2D eigenvalue weighted by atomic mass is 31.1. The Balaban J connectivity index is 0. The van der Waals surface area contributed by atoms with Gasteiger partial charge in [0.15, 0.2) is 23.0 Å². The van der Waals surface area contributed by atoms with Crippen LogP contribution in [0, 0.1) is 0 Å². The number of hydrogen-bond donors (Lipinski definition) is 1. The Bertz CT molecular complexity index is 64.0. The van der Waals surface area contributed by atoms with Crippen molar-refractivity contribution >= 4 is 25.4 Å². The first-order valence-electron chi connectivity index (χ1n) is 1.80. The highest BCUT2D eigenvalue weighted by Crippen LogP contribution is 2.19. The molecule has 0 aromatic rings. The van der Waals surface area contributed by atoms with Crippen molar-refractivity contribution in [1.82, 2.24) is 0 Å². The van der Waals surface area contributed by atoms with Crippen LogP contribution >= 0.6 is 8.03 Å². The molecule has 0 rings (SSSR count). The summed E-state index contributed by atoms with van der Waals surface area (Å²) in [6, 6.07) is 0. The molecule has 0 aliphatic heterocycles. The van der Waals surface area contributed by atoms with Crippen LogP contribution in [0.15, 0.2) is 0 Å². The summed E-state index contributed by atoms with van der Waals surface area (Å²) >= 11 is 0. The molecule has 0 saturated carbocycles. The fourth-order valence-electron chi connectivity index (χ4n) is 0. The molecule has 2 nitrogen and oxygen atoms in total. The van der Waals surface area contributed by atoms with Gasteiger partial charge in [-0.1, -0.05) is 0 Å². The van der Waals surface area contributed by atoms with Crippen LogP contribution in [0.3, 0.4) is 0 Å². The molecule has 0 bridgehead atoms. The number of rotatable bonds is 1. The van der Waals surface area contributed by atoms with Crippen LogP contribution in [0.1, 0.15) is 13.8 Å². The molecule has 0 radical (unpaired) electrons. The SMILES string of the molecule is CC(C)[P+](=O)O.[AlH3]. The maximum atomic E-state index is 9.85. The van der Waals surface area contributed by atoms with Gasteiger partial charge in [0.1, 0.15) is 0 Å². The first kappa shape index (κ1) is 10.6. The summed E-state index contributed by atoms with van der Waals surface area (Å²) in [5.74, 6) is 0. The monoisotopic (exact) mass is 137 g/mol. The molecule has 7 heavy (non-hydrogen) atoms. The molecular formula is C3H11AlO2P+. The van der Waals surface area contributed by atoms with Crippen LogP contribution in [-0.2, 0) is 4.57 Å². The molecule has 0 aromatic heterocycles. The van der Waals surface area contributed by atoms with E-state index in [1.807, 2.05) is 0 Å². The maximum Gasteiger partial charge on any atom is 0.508 e. The van der Waals surface area contributed by atoms with Gasteiger partial charge >= 0.3 is 8.03 Å². The van der Waals surface area contributed by atoms with Gasteiger partial charge in [0.05, 0.1) is 0 Å². The van der Waals surface area contributed by atoms with Gasteiger partial charge in [-0.25, -0.2) is 0 Å². The van der Waals surface area contributed by atoms with Crippen LogP contribution in [0.5, 0.6) is 0 Å². The Labute approximate surface area is 54.9 Å². The molecule has 0 aliphatic rings. The Hall–Kier alpha value is 0.592. The van der Waals surface area contributed by atoms with Crippen LogP contribution in [-0.4, -0.2) is 27.9 Å². The summed E-state index contributed by atoms with van der Waals surface area (Å²) in [4.78, 5) is 8.14. The van der Waals surface area contributed by atoms with Crippen LogP contribution in [0.4, 0.5) is 0 Å². The van der Waals surface area contributed by atoms with Crippen LogP contribution in [0.25, 0.3) is 0 Å². The second-order valence-corrected chi connectivity index (χ2v) is 3.03. The largest absolute Gasteiger partial charge is 0.508 e. The second-order valence-electron chi connectivity index (χ2n) is 1.40. The lowest BCUT2D eigenvalue weighted by Crippen LogP contribution is -1.81. The molecule has 4 heteroatoms. The lowest BCUT2D eigenvalue weighted by molar-refractivity contribution is 0.495. The van der Waals surface area contributed by atoms with Crippen molar-refractivity contribution in [3.63, 3.8) is 0 Å². The van der Waals surface area contributed by atoms with Crippen molar-refractivity contribution in [2.75, 3.05) is 0 Å². The standard InChI is InChI=1S/C3H7O2P.Al.3H/c1-3(2)6(4)5;;;;/h3H,1-2H3;;;;/p+1. The summed E-state index contributed by atoms with van der Waals surface area (Å²) in [6.07, 6.45) is 0. The van der Waals surface area contributed by atoms with E-state index in [0.717, 1.165) is 0 Å². The van der Waals surface area contributed by atoms with E-state index in [9.17, 15) is 4.57 Å². The van der Waals surface area contributed by atoms with Crippen molar-refractivity contribution in [2.24, 2.45) is 0 Å². The fourth-order valence-corrected chi connectivity index (χ4v) is 0. The van der Waals surface area contributed by atoms with E-state index in [2.05, 4.69) is 0 Å². The predicted octanol–water partition coefficient (Wildman–Crippen LogP) is -0.0544. The van der Waals surface area contributed by atoms with Crippen LogP contribution < -0.4 is 0 Å². The average molecular weight is 137 g/mol. The van der Waals surface area contributed by atoms with E-state index in [-0.39, 0.29) is 23.0 Å². The topological polar surface area (TPSA) is 37.3 Å². The van der Waals surface area contributed by atoms with Gasteiger partial charge < -0.3 is 0 Å². The molecular weight excluding hydrogens is 126 g/mol. The summed E-state index contributed by atoms with van der Waals surface area (Å²) in [5.41, 5.74) is -0.0833. The molecule has 0 spiro atoms. The third-order valence-electron chi connectivity index (χ3n) is 0.442. The van der Waals surface area contributed by atoms with Crippen molar-refractivity contribution < 1.29 is 9.46 Å². The third-order valence-corrected chi connectivity index (χ3v) is 1.33. The molecule has 0 amide bonds. The lowest BCUT2D eigenvalue weighted by atomic mass is 10.6. The van der Waals surface area contributed by atoms with E-state index in [1.165, 1.54) is 0 Å². The van der Waals surface area contributed by atoms with Crippen molar-refractivity contribution in [1.29, 1.82) is 0 Å². The summed E-state index contributed by atoms with van der Waals surface area (Å²) in [5, 5.41) is 0. The predicted molar refractivity (Wildman–Crippen MR) is 34.9 cm³/mol. The summed E-state index contributed by atoms with van der Waals surface area (Å²) in [6.45, 7) is 3.41. The molecule has 1 unspecified atom stereocenters. The van der Waals surface area contributed by atoms with E-state index < -0.39 is 8.03 Å². The van der Waals surface area contributed by atoms with Gasteiger partial charge in [0.25, 0.3) is 0 Å². The smallest absolute Gasteiger partial charge is 0.161 e. The third kappa shape index (κ3) is 6.59. The molecule has 0 fully saturated rings. The zero-order valence-corrected chi connectivity index (χ0v) is 4.77. The first-order chi connectivity index (χ1) is 2.64. The molecule has 1 N–H and O–H groups in total. The molecule has 42 valence electrons. The first-order valence-corrected chi connectivity index (χ1v) is 3.08. The zero-order valence-electron chi connectivity index (χ0n) is 3.88. The van der Waals surface area contributed by atoms with Gasteiger partial charge in [-0.15, -0.1) is 0 Å². The minimum atomic E-state index is -1.91. The fraction of sp³-hybridized carbons (Fsp3) is 1.00. The Morgan fingerprint density at radius 1 is 1.57 bits per heavy atom. The highest BCUT2D eigenvalue weighted by molar-refractivity contribution is 7.38. The van der Waals surface area contributed by atoms with Gasteiger partial charge in [-0.3, -0.25) is 0 Å². The lowest BCUT2D eigenvalue weighted by Gasteiger charge is -1.74. The van der Waals surface area contributed by atoms with E-state index >= 15 is 0 Å². The molecule has 0 heterocycles. The van der Waals surface area contributed by atoms with E-state index in [1.54, 1.807) is 13.8 Å². The van der Waals surface area contributed by atoms with E-state index in [0.29, 0.717) is 0 Å². The normalized spacial score (nSPS) is 10.6. The molecule has 0 aliphatic carbocycles. The van der Waals surface area contributed by atoms with Crippen molar-refractivity contribution in [3.8, 4) is 0 Å². The van der Waals surface area contributed by atoms with Crippen molar-refractivity contribution in [3.05, 3.63) is 0 Å². The minimum absolute atomic E-state index is 0. The quantitative estimate of drug-likeness (QED) is 0.406. The van der Waals surface area contributed by atoms with Crippen LogP contribution in [0.2, 0.25) is 0 Å². The Kier molecular flexibility index (Phi) is 7.15. The molecule has 1 atom stereocenters. The minimum Gasteiger partial charge on any atom is -0.161 e.